The number of aliphatic carboxylic acids is 1. The van der Waals surface area contributed by atoms with Crippen molar-refractivity contribution in [3.63, 3.8) is 0 Å². The van der Waals surface area contributed by atoms with Crippen molar-refractivity contribution in [2.24, 2.45) is 0 Å². The highest BCUT2D eigenvalue weighted by molar-refractivity contribution is 5.68. The number of anilines is 1. The van der Waals surface area contributed by atoms with E-state index in [0.717, 1.165) is 5.69 Å². The quantitative estimate of drug-likeness (QED) is 0.681. The number of aryl methyl sites for hydroxylation is 1. The normalized spacial score (nSPS) is 9.19. The van der Waals surface area contributed by atoms with Gasteiger partial charge in [0, 0.05) is 5.69 Å². The van der Waals surface area contributed by atoms with Crippen LogP contribution in [-0.4, -0.2) is 24.2 Å². The van der Waals surface area contributed by atoms with E-state index in [0.29, 0.717) is 6.54 Å². The van der Waals surface area contributed by atoms with Crippen LogP contribution < -0.4 is 11.1 Å². The fourth-order valence-electron chi connectivity index (χ4n) is 1.01. The summed E-state index contributed by atoms with van der Waals surface area (Å²) in [5, 5.41) is 10.6. The van der Waals surface area contributed by atoms with Gasteiger partial charge in [-0.15, -0.1) is 0 Å². The summed E-state index contributed by atoms with van der Waals surface area (Å²) in [5.41, 5.74) is 8.96. The monoisotopic (exact) mass is 224 g/mol. The molecule has 0 heterocycles. The number of carboxylic acid groups (broad SMARTS) is 1. The van der Waals surface area contributed by atoms with Gasteiger partial charge in [0.05, 0.1) is 6.54 Å². The maximum absolute atomic E-state index is 9.70. The first kappa shape index (κ1) is 14.5. The van der Waals surface area contributed by atoms with Crippen molar-refractivity contribution in [2.45, 2.75) is 20.8 Å². The fourth-order valence-corrected chi connectivity index (χ4v) is 1.01. The number of benzene rings is 1. The van der Waals surface area contributed by atoms with Crippen LogP contribution in [0.25, 0.3) is 0 Å². The predicted octanol–water partition coefficient (Wildman–Crippen LogP) is 1.57. The molecule has 0 aliphatic carbocycles. The van der Waals surface area contributed by atoms with Crippen LogP contribution in [-0.2, 0) is 4.79 Å². The van der Waals surface area contributed by atoms with Gasteiger partial charge in [-0.05, 0) is 37.6 Å². The zero-order valence-corrected chi connectivity index (χ0v) is 10.1. The molecule has 0 saturated carbocycles. The molecule has 0 unspecified atom stereocenters. The highest BCUT2D eigenvalue weighted by Gasteiger charge is 1.92. The molecule has 0 aliphatic rings. The van der Waals surface area contributed by atoms with Crippen LogP contribution in [0.1, 0.15) is 18.1 Å². The molecule has 0 bridgehead atoms. The Bertz CT molecular complexity index is 318. The molecule has 4 heteroatoms. The summed E-state index contributed by atoms with van der Waals surface area (Å²) in [6, 6.07) is 5.95. The summed E-state index contributed by atoms with van der Waals surface area (Å²) in [6.07, 6.45) is 0. The highest BCUT2D eigenvalue weighted by atomic mass is 16.4. The first-order chi connectivity index (χ1) is 7.49. The Morgan fingerprint density at radius 2 is 2.06 bits per heavy atom. The molecular weight excluding hydrogens is 204 g/mol. The molecule has 4 N–H and O–H groups in total. The van der Waals surface area contributed by atoms with Crippen molar-refractivity contribution in [1.29, 1.82) is 0 Å². The molecule has 1 aromatic rings. The van der Waals surface area contributed by atoms with Crippen molar-refractivity contribution in [3.8, 4) is 0 Å². The first-order valence-corrected chi connectivity index (χ1v) is 5.23. The van der Waals surface area contributed by atoms with Crippen molar-refractivity contribution in [3.05, 3.63) is 29.3 Å². The summed E-state index contributed by atoms with van der Waals surface area (Å²) >= 11 is 0. The second-order valence-electron chi connectivity index (χ2n) is 3.46. The van der Waals surface area contributed by atoms with Gasteiger partial charge < -0.3 is 16.2 Å². The number of rotatable bonds is 3. The van der Waals surface area contributed by atoms with Crippen LogP contribution in [0.5, 0.6) is 0 Å². The van der Waals surface area contributed by atoms with Crippen molar-refractivity contribution < 1.29 is 9.90 Å². The van der Waals surface area contributed by atoms with Crippen molar-refractivity contribution in [2.75, 3.05) is 18.8 Å². The zero-order chi connectivity index (χ0) is 12.6. The molecule has 0 saturated heterocycles. The number of carboxylic acids is 1. The number of likely N-dealkylation sites (N-methyl/N-ethyl adjacent to an activating group) is 1. The Labute approximate surface area is 96.5 Å². The second kappa shape index (κ2) is 7.70. The van der Waals surface area contributed by atoms with Crippen LogP contribution in [0.15, 0.2) is 18.2 Å². The minimum Gasteiger partial charge on any atom is -0.480 e. The molecule has 0 aliphatic heterocycles. The molecule has 0 aromatic heterocycles. The van der Waals surface area contributed by atoms with Crippen LogP contribution in [0.3, 0.4) is 0 Å². The lowest BCUT2D eigenvalue weighted by Gasteiger charge is -2.00. The average molecular weight is 224 g/mol. The van der Waals surface area contributed by atoms with E-state index >= 15 is 0 Å². The lowest BCUT2D eigenvalue weighted by Crippen LogP contribution is -2.21. The average Bonchev–Trinajstić information content (AvgIpc) is 2.24. The predicted molar refractivity (Wildman–Crippen MR) is 66.5 cm³/mol. The molecule has 0 amide bonds. The third-order valence-corrected chi connectivity index (χ3v) is 2.17. The van der Waals surface area contributed by atoms with E-state index in [-0.39, 0.29) is 6.54 Å². The van der Waals surface area contributed by atoms with Gasteiger partial charge in [0.15, 0.2) is 0 Å². The van der Waals surface area contributed by atoms with E-state index < -0.39 is 5.97 Å². The molecule has 0 radical (unpaired) electrons. The Hall–Kier alpha value is -1.55. The summed E-state index contributed by atoms with van der Waals surface area (Å²) in [6.45, 7) is 6.74. The fraction of sp³-hybridized carbons (Fsp3) is 0.417. The van der Waals surface area contributed by atoms with Gasteiger partial charge in [-0.25, -0.2) is 0 Å². The van der Waals surface area contributed by atoms with Gasteiger partial charge in [-0.1, -0.05) is 19.1 Å². The minimum absolute atomic E-state index is 0.0660. The van der Waals surface area contributed by atoms with Crippen molar-refractivity contribution >= 4 is 11.7 Å². The molecule has 1 rings (SSSR count). The summed E-state index contributed by atoms with van der Waals surface area (Å²) in [5.74, 6) is -0.804. The second-order valence-corrected chi connectivity index (χ2v) is 3.46. The van der Waals surface area contributed by atoms with E-state index in [2.05, 4.69) is 18.3 Å². The van der Waals surface area contributed by atoms with Crippen LogP contribution >= 0.6 is 0 Å². The molecule has 0 atom stereocenters. The lowest BCUT2D eigenvalue weighted by atomic mass is 10.1. The maximum Gasteiger partial charge on any atom is 0.317 e. The molecular formula is C12H20N2O2. The SMILES string of the molecule is CCNCC(=O)O.Cc1cccc(N)c1C. The summed E-state index contributed by atoms with van der Waals surface area (Å²) in [7, 11) is 0. The minimum atomic E-state index is -0.804. The topological polar surface area (TPSA) is 75.3 Å². The maximum atomic E-state index is 9.70. The third-order valence-electron chi connectivity index (χ3n) is 2.17. The molecule has 90 valence electrons. The van der Waals surface area contributed by atoms with E-state index in [9.17, 15) is 4.79 Å². The summed E-state index contributed by atoms with van der Waals surface area (Å²) in [4.78, 5) is 9.70. The van der Waals surface area contributed by atoms with Gasteiger partial charge in [0.2, 0.25) is 0 Å². The largest absolute Gasteiger partial charge is 0.480 e. The lowest BCUT2D eigenvalue weighted by molar-refractivity contribution is -0.135. The van der Waals surface area contributed by atoms with Gasteiger partial charge in [0.25, 0.3) is 0 Å². The smallest absolute Gasteiger partial charge is 0.317 e. The van der Waals surface area contributed by atoms with E-state index in [4.69, 9.17) is 10.8 Å². The van der Waals surface area contributed by atoms with Gasteiger partial charge in [-0.3, -0.25) is 4.79 Å². The number of hydrogen-bond acceptors (Lipinski definition) is 3. The van der Waals surface area contributed by atoms with Gasteiger partial charge in [-0.2, -0.15) is 0 Å². The van der Waals surface area contributed by atoms with Crippen LogP contribution in [0.4, 0.5) is 5.69 Å². The number of nitrogens with two attached hydrogens (primary N) is 1. The Morgan fingerprint density at radius 1 is 1.44 bits per heavy atom. The molecule has 4 nitrogen and oxygen atoms in total. The van der Waals surface area contributed by atoms with E-state index in [1.165, 1.54) is 11.1 Å². The van der Waals surface area contributed by atoms with Crippen LogP contribution in [0.2, 0.25) is 0 Å². The Kier molecular flexibility index (Phi) is 6.96. The number of carbonyl (C=O) groups is 1. The third kappa shape index (κ3) is 6.03. The Morgan fingerprint density at radius 3 is 2.38 bits per heavy atom. The van der Waals surface area contributed by atoms with Gasteiger partial charge in [0.1, 0.15) is 0 Å². The summed E-state index contributed by atoms with van der Waals surface area (Å²) < 4.78 is 0. The number of nitrogens with one attached hydrogen (secondary N) is 1. The van der Waals surface area contributed by atoms with E-state index in [1.54, 1.807) is 0 Å². The standard InChI is InChI=1S/C8H11N.C4H9NO2/c1-6-4-3-5-8(9)7(6)2;1-2-5-3-4(6)7/h3-5H,9H2,1-2H3;5H,2-3H2,1H3,(H,6,7). The molecule has 1 aromatic carbocycles. The molecule has 0 spiro atoms. The van der Waals surface area contributed by atoms with Crippen molar-refractivity contribution in [1.82, 2.24) is 5.32 Å². The van der Waals surface area contributed by atoms with Gasteiger partial charge >= 0.3 is 5.97 Å². The van der Waals surface area contributed by atoms with Crippen LogP contribution in [0, 0.1) is 13.8 Å². The number of hydrogen-bond donors (Lipinski definition) is 3. The molecule has 16 heavy (non-hydrogen) atoms. The van der Waals surface area contributed by atoms with E-state index in [1.807, 2.05) is 26.0 Å². The zero-order valence-electron chi connectivity index (χ0n) is 10.1. The Balaban J connectivity index is 0.000000293. The number of nitrogen functional groups attached to an aromatic ring is 1. The first-order valence-electron chi connectivity index (χ1n) is 5.23. The molecule has 0 fully saturated rings. The highest BCUT2D eigenvalue weighted by Crippen LogP contribution is 2.13.